The maximum Gasteiger partial charge on any atom is 0.318 e. The lowest BCUT2D eigenvalue weighted by molar-refractivity contribution is -0.146. The lowest BCUT2D eigenvalue weighted by atomic mass is 10.0. The van der Waals surface area contributed by atoms with Gasteiger partial charge in [-0.25, -0.2) is 0 Å². The lowest BCUT2D eigenvalue weighted by Gasteiger charge is -2.14. The van der Waals surface area contributed by atoms with Gasteiger partial charge in [0.05, 0.1) is 0 Å². The highest BCUT2D eigenvalue weighted by atomic mass is 16.2. The number of nitrogens with zero attached hydrogens (tertiary/aromatic N) is 1. The van der Waals surface area contributed by atoms with Crippen LogP contribution in [0.15, 0.2) is 24.3 Å². The van der Waals surface area contributed by atoms with Crippen LogP contribution in [-0.4, -0.2) is 36.2 Å². The number of hydrogen-bond donors (Lipinski definition) is 2. The fourth-order valence-electron chi connectivity index (χ4n) is 1.73. The molecule has 0 aliphatic carbocycles. The van der Waals surface area contributed by atoms with E-state index in [1.807, 2.05) is 12.1 Å². The smallest absolute Gasteiger partial charge is 0.318 e. The van der Waals surface area contributed by atoms with Crippen LogP contribution in [0.5, 0.6) is 0 Å². The van der Waals surface area contributed by atoms with Crippen LogP contribution in [0, 0.1) is 0 Å². The van der Waals surface area contributed by atoms with Crippen molar-refractivity contribution in [3.05, 3.63) is 29.8 Å². The maximum absolute atomic E-state index is 11.8. The topological polar surface area (TPSA) is 92.5 Å². The molecule has 0 aliphatic heterocycles. The molecule has 0 heterocycles. The average Bonchev–Trinajstić information content (AvgIpc) is 2.48. The molecule has 0 radical (unpaired) electrons. The summed E-state index contributed by atoms with van der Waals surface area (Å²) in [6.45, 7) is 4.61. The molecule has 0 spiro atoms. The van der Waals surface area contributed by atoms with Gasteiger partial charge in [-0.05, 0) is 36.6 Å². The van der Waals surface area contributed by atoms with Crippen LogP contribution in [0.1, 0.15) is 31.7 Å². The molecule has 1 aromatic rings. The van der Waals surface area contributed by atoms with Crippen molar-refractivity contribution in [3.8, 4) is 0 Å². The first-order valence-electron chi connectivity index (χ1n) is 6.86. The summed E-state index contributed by atoms with van der Waals surface area (Å²) >= 11 is 0. The summed E-state index contributed by atoms with van der Waals surface area (Å²) in [6.07, 6.45) is 0.806. The van der Waals surface area contributed by atoms with Crippen LogP contribution in [0.2, 0.25) is 0 Å². The van der Waals surface area contributed by atoms with Crippen LogP contribution in [0.4, 0.5) is 5.69 Å². The molecule has 3 amide bonds. The minimum atomic E-state index is -0.883. The van der Waals surface area contributed by atoms with Crippen LogP contribution in [-0.2, 0) is 14.4 Å². The Kier molecular flexibility index (Phi) is 6.55. The normalized spacial score (nSPS) is 10.3. The van der Waals surface area contributed by atoms with E-state index in [2.05, 4.69) is 19.2 Å². The molecule has 114 valence electrons. The number of carbonyl (C=O) groups excluding carboxylic acids is 3. The van der Waals surface area contributed by atoms with E-state index in [1.165, 1.54) is 0 Å². The van der Waals surface area contributed by atoms with E-state index in [0.29, 0.717) is 31.0 Å². The summed E-state index contributed by atoms with van der Waals surface area (Å²) in [5.41, 5.74) is 6.97. The number of nitrogens with one attached hydrogen (secondary N) is 1. The van der Waals surface area contributed by atoms with Gasteiger partial charge in [-0.1, -0.05) is 26.0 Å². The Morgan fingerprint density at radius 3 is 2.38 bits per heavy atom. The second-order valence-electron chi connectivity index (χ2n) is 4.98. The Hall–Kier alpha value is -2.21. The number of hydrogen-bond acceptors (Lipinski definition) is 4. The van der Waals surface area contributed by atoms with Crippen LogP contribution >= 0.6 is 0 Å². The highest BCUT2D eigenvalue weighted by Crippen LogP contribution is 2.17. The van der Waals surface area contributed by atoms with E-state index < -0.39 is 11.8 Å². The first-order valence-corrected chi connectivity index (χ1v) is 6.86. The summed E-state index contributed by atoms with van der Waals surface area (Å²) in [7, 11) is 0. The SMILES string of the molecule is CC(C)c1ccc(NC(=O)C(=O)N(C=O)CCCN)cc1. The molecule has 0 fully saturated rings. The van der Waals surface area contributed by atoms with E-state index in [0.717, 1.165) is 10.5 Å². The third-order valence-electron chi connectivity index (χ3n) is 3.02. The van der Waals surface area contributed by atoms with Gasteiger partial charge in [-0.3, -0.25) is 19.3 Å². The number of rotatable bonds is 6. The molecule has 1 aromatic carbocycles. The number of nitrogens with two attached hydrogens (primary N) is 1. The molecule has 1 rings (SSSR count). The van der Waals surface area contributed by atoms with Crippen molar-refractivity contribution in [2.75, 3.05) is 18.4 Å². The van der Waals surface area contributed by atoms with Crippen LogP contribution in [0.3, 0.4) is 0 Å². The van der Waals surface area contributed by atoms with Gasteiger partial charge in [0.15, 0.2) is 0 Å². The average molecular weight is 291 g/mol. The lowest BCUT2D eigenvalue weighted by Crippen LogP contribution is -2.39. The summed E-state index contributed by atoms with van der Waals surface area (Å²) in [5, 5.41) is 2.48. The van der Waals surface area contributed by atoms with Crippen molar-refractivity contribution >= 4 is 23.9 Å². The van der Waals surface area contributed by atoms with Crippen molar-refractivity contribution in [2.24, 2.45) is 5.73 Å². The molecule has 0 aliphatic rings. The molecule has 3 N–H and O–H groups in total. The highest BCUT2D eigenvalue weighted by molar-refractivity contribution is 6.41. The third kappa shape index (κ3) is 5.00. The Labute approximate surface area is 124 Å². The van der Waals surface area contributed by atoms with Gasteiger partial charge in [-0.15, -0.1) is 0 Å². The van der Waals surface area contributed by atoms with Gasteiger partial charge in [-0.2, -0.15) is 0 Å². The third-order valence-corrected chi connectivity index (χ3v) is 3.02. The van der Waals surface area contributed by atoms with Gasteiger partial charge < -0.3 is 11.1 Å². The maximum atomic E-state index is 11.8. The zero-order valence-electron chi connectivity index (χ0n) is 12.3. The molecule has 21 heavy (non-hydrogen) atoms. The summed E-state index contributed by atoms with van der Waals surface area (Å²) in [5.74, 6) is -1.33. The largest absolute Gasteiger partial charge is 0.330 e. The fraction of sp³-hybridized carbons (Fsp3) is 0.400. The van der Waals surface area contributed by atoms with Gasteiger partial charge in [0, 0.05) is 12.2 Å². The number of anilines is 1. The predicted octanol–water partition coefficient (Wildman–Crippen LogP) is 1.08. The number of carbonyl (C=O) groups is 3. The first-order chi connectivity index (χ1) is 9.99. The Morgan fingerprint density at radius 1 is 1.29 bits per heavy atom. The van der Waals surface area contributed by atoms with Gasteiger partial charge in [0.1, 0.15) is 0 Å². The minimum absolute atomic E-state index is 0.137. The second kappa shape index (κ2) is 8.16. The van der Waals surface area contributed by atoms with Crippen LogP contribution < -0.4 is 11.1 Å². The van der Waals surface area contributed by atoms with Gasteiger partial charge in [0.2, 0.25) is 6.41 Å². The monoisotopic (exact) mass is 291 g/mol. The van der Waals surface area contributed by atoms with Gasteiger partial charge >= 0.3 is 11.8 Å². The molecule has 0 aromatic heterocycles. The minimum Gasteiger partial charge on any atom is -0.330 e. The van der Waals surface area contributed by atoms with Crippen molar-refractivity contribution in [2.45, 2.75) is 26.2 Å². The predicted molar refractivity (Wildman–Crippen MR) is 80.6 cm³/mol. The van der Waals surface area contributed by atoms with E-state index in [9.17, 15) is 14.4 Å². The van der Waals surface area contributed by atoms with Crippen LogP contribution in [0.25, 0.3) is 0 Å². The second-order valence-corrected chi connectivity index (χ2v) is 4.98. The Morgan fingerprint density at radius 2 is 1.90 bits per heavy atom. The molecule has 0 atom stereocenters. The number of imide groups is 1. The summed E-state index contributed by atoms with van der Waals surface area (Å²) in [4.78, 5) is 35.2. The Balaban J connectivity index is 2.66. The molecule has 6 nitrogen and oxygen atoms in total. The summed E-state index contributed by atoms with van der Waals surface area (Å²) < 4.78 is 0. The molecule has 0 unspecified atom stereocenters. The van der Waals surface area contributed by atoms with Gasteiger partial charge in [0.25, 0.3) is 0 Å². The molecule has 0 saturated carbocycles. The molecular weight excluding hydrogens is 270 g/mol. The van der Waals surface area contributed by atoms with E-state index >= 15 is 0 Å². The highest BCUT2D eigenvalue weighted by Gasteiger charge is 2.21. The Bertz CT molecular complexity index is 497. The number of benzene rings is 1. The zero-order valence-corrected chi connectivity index (χ0v) is 12.3. The van der Waals surface area contributed by atoms with Crippen molar-refractivity contribution in [3.63, 3.8) is 0 Å². The molecule has 0 saturated heterocycles. The quantitative estimate of drug-likeness (QED) is 0.606. The van der Waals surface area contributed by atoms with Crippen molar-refractivity contribution in [1.82, 2.24) is 4.90 Å². The zero-order chi connectivity index (χ0) is 15.8. The molecular formula is C15H21N3O3. The van der Waals surface area contributed by atoms with E-state index in [1.54, 1.807) is 12.1 Å². The first kappa shape index (κ1) is 16.8. The number of amides is 3. The van der Waals surface area contributed by atoms with E-state index in [-0.39, 0.29) is 6.54 Å². The fourth-order valence-corrected chi connectivity index (χ4v) is 1.73. The van der Waals surface area contributed by atoms with Crippen molar-refractivity contribution < 1.29 is 14.4 Å². The standard InChI is InChI=1S/C15H21N3O3/c1-11(2)12-4-6-13(7-5-12)17-14(20)15(21)18(10-19)9-3-8-16/h4-7,10-11H,3,8-9,16H2,1-2H3,(H,17,20). The summed E-state index contributed by atoms with van der Waals surface area (Å²) in [6, 6.07) is 7.23. The van der Waals surface area contributed by atoms with Crippen molar-refractivity contribution in [1.29, 1.82) is 0 Å². The molecule has 6 heteroatoms. The molecule has 0 bridgehead atoms. The van der Waals surface area contributed by atoms with E-state index in [4.69, 9.17) is 5.73 Å².